The van der Waals surface area contributed by atoms with Crippen LogP contribution < -0.4 is 10.6 Å². The molecular weight excluding hydrogens is 435 g/mol. The molecule has 0 bridgehead atoms. The second-order valence-corrected chi connectivity index (χ2v) is 6.48. The summed E-state index contributed by atoms with van der Waals surface area (Å²) in [7, 11) is 1.77. The third-order valence-electron chi connectivity index (χ3n) is 4.03. The maximum atomic E-state index is 11.7. The molecule has 0 aliphatic carbocycles. The summed E-state index contributed by atoms with van der Waals surface area (Å²) in [4.78, 5) is 19.2. The Kier molecular flexibility index (Phi) is 9.50. The summed E-state index contributed by atoms with van der Waals surface area (Å²) in [5.41, 5.74) is 1.22. The molecule has 7 heteroatoms. The van der Waals surface area contributed by atoms with Crippen LogP contribution in [0.2, 0.25) is 0 Å². The van der Waals surface area contributed by atoms with E-state index in [-0.39, 0.29) is 35.9 Å². The van der Waals surface area contributed by atoms with Crippen molar-refractivity contribution in [1.29, 1.82) is 0 Å². The highest BCUT2D eigenvalue weighted by atomic mass is 127. The molecule has 0 saturated carbocycles. The number of halogens is 1. The van der Waals surface area contributed by atoms with Crippen LogP contribution >= 0.6 is 35.7 Å². The first-order valence-corrected chi connectivity index (χ1v) is 9.26. The minimum atomic E-state index is 0. The third-order valence-corrected chi connectivity index (χ3v) is 4.77. The molecule has 0 radical (unpaired) electrons. The lowest BCUT2D eigenvalue weighted by Crippen LogP contribution is -2.44. The molecule has 1 aliphatic heterocycles. The molecule has 5 nitrogen and oxygen atoms in total. The maximum absolute atomic E-state index is 11.7. The molecule has 134 valence electrons. The molecule has 1 saturated heterocycles. The van der Waals surface area contributed by atoms with Crippen LogP contribution in [0.1, 0.15) is 25.3 Å². The van der Waals surface area contributed by atoms with Crippen LogP contribution in [0.25, 0.3) is 0 Å². The molecule has 1 aromatic rings. The van der Waals surface area contributed by atoms with Gasteiger partial charge in [0.05, 0.1) is 0 Å². The number of hydrogen-bond donors (Lipinski definition) is 2. The number of rotatable bonds is 5. The highest BCUT2D eigenvalue weighted by Gasteiger charge is 2.25. The van der Waals surface area contributed by atoms with Gasteiger partial charge in [0.25, 0.3) is 0 Å². The van der Waals surface area contributed by atoms with Crippen LogP contribution in [0.4, 0.5) is 0 Å². The Morgan fingerprint density at radius 3 is 2.67 bits per heavy atom. The number of amides is 1. The summed E-state index contributed by atoms with van der Waals surface area (Å²) in [6, 6.07) is 8.79. The Balaban J connectivity index is 0.00000288. The summed E-state index contributed by atoms with van der Waals surface area (Å²) < 4.78 is 0. The van der Waals surface area contributed by atoms with Gasteiger partial charge in [0.2, 0.25) is 5.91 Å². The highest BCUT2D eigenvalue weighted by Crippen LogP contribution is 2.14. The molecule has 1 amide bonds. The SMILES string of the molecule is CCC(=O)N1CCC(NC(=NC)NCc2ccc(SC)cc2)C1.I. The molecule has 2 rings (SSSR count). The van der Waals surface area contributed by atoms with Crippen LogP contribution in [0.15, 0.2) is 34.2 Å². The van der Waals surface area contributed by atoms with E-state index in [1.54, 1.807) is 18.8 Å². The number of hydrogen-bond acceptors (Lipinski definition) is 3. The van der Waals surface area contributed by atoms with Gasteiger partial charge in [-0.3, -0.25) is 9.79 Å². The fourth-order valence-electron chi connectivity index (χ4n) is 2.65. The number of aliphatic imine (C=N–C) groups is 1. The van der Waals surface area contributed by atoms with Crippen molar-refractivity contribution in [1.82, 2.24) is 15.5 Å². The zero-order valence-electron chi connectivity index (χ0n) is 14.5. The Labute approximate surface area is 166 Å². The van der Waals surface area contributed by atoms with Crippen LogP contribution in [0.3, 0.4) is 0 Å². The standard InChI is InChI=1S/C17H26N4OS.HI/c1-4-16(22)21-10-9-14(12-21)20-17(18-2)19-11-13-5-7-15(23-3)8-6-13;/h5-8,14H,4,9-12H2,1-3H3,(H2,18,19,20);1H. The molecule has 2 N–H and O–H groups in total. The quantitative estimate of drug-likeness (QED) is 0.306. The molecule has 1 heterocycles. The summed E-state index contributed by atoms with van der Waals surface area (Å²) in [5.74, 6) is 1.01. The van der Waals surface area contributed by atoms with Crippen molar-refractivity contribution in [2.24, 2.45) is 4.99 Å². The van der Waals surface area contributed by atoms with Crippen molar-refractivity contribution in [2.75, 3.05) is 26.4 Å². The van der Waals surface area contributed by atoms with Crippen LogP contribution in [0.5, 0.6) is 0 Å². The minimum Gasteiger partial charge on any atom is -0.352 e. The minimum absolute atomic E-state index is 0. The number of nitrogens with zero attached hydrogens (tertiary/aromatic N) is 2. The molecule has 1 atom stereocenters. The second-order valence-electron chi connectivity index (χ2n) is 5.60. The van der Waals surface area contributed by atoms with Crippen molar-refractivity contribution in [3.05, 3.63) is 29.8 Å². The highest BCUT2D eigenvalue weighted by molar-refractivity contribution is 14.0. The Morgan fingerprint density at radius 1 is 1.38 bits per heavy atom. The van der Waals surface area contributed by atoms with Crippen molar-refractivity contribution in [2.45, 2.75) is 37.2 Å². The summed E-state index contributed by atoms with van der Waals surface area (Å²) in [6.45, 7) is 4.23. The first-order chi connectivity index (χ1) is 11.2. The zero-order chi connectivity index (χ0) is 16.7. The summed E-state index contributed by atoms with van der Waals surface area (Å²) in [5, 5.41) is 6.75. The zero-order valence-corrected chi connectivity index (χ0v) is 17.7. The lowest BCUT2D eigenvalue weighted by Gasteiger charge is -2.18. The number of carbonyl (C=O) groups excluding carboxylic acids is 1. The lowest BCUT2D eigenvalue weighted by atomic mass is 10.2. The first-order valence-electron chi connectivity index (χ1n) is 8.04. The molecule has 1 unspecified atom stereocenters. The van der Waals surface area contributed by atoms with Crippen LogP contribution in [0, 0.1) is 0 Å². The monoisotopic (exact) mass is 462 g/mol. The van der Waals surface area contributed by atoms with Crippen molar-refractivity contribution in [3.8, 4) is 0 Å². The van der Waals surface area contributed by atoms with E-state index < -0.39 is 0 Å². The van der Waals surface area contributed by atoms with Crippen molar-refractivity contribution >= 4 is 47.6 Å². The topological polar surface area (TPSA) is 56.7 Å². The number of likely N-dealkylation sites (tertiary alicyclic amines) is 1. The molecule has 24 heavy (non-hydrogen) atoms. The van der Waals surface area contributed by atoms with Gasteiger partial charge < -0.3 is 15.5 Å². The molecule has 0 aromatic heterocycles. The smallest absolute Gasteiger partial charge is 0.222 e. The summed E-state index contributed by atoms with van der Waals surface area (Å²) in [6.07, 6.45) is 3.62. The van der Waals surface area contributed by atoms with Gasteiger partial charge >= 0.3 is 0 Å². The predicted octanol–water partition coefficient (Wildman–Crippen LogP) is 2.70. The fraction of sp³-hybridized carbons (Fsp3) is 0.529. The van der Waals surface area contributed by atoms with E-state index in [4.69, 9.17) is 0 Å². The maximum Gasteiger partial charge on any atom is 0.222 e. The average molecular weight is 462 g/mol. The summed E-state index contributed by atoms with van der Waals surface area (Å²) >= 11 is 1.74. The van der Waals surface area contributed by atoms with Gasteiger partial charge in [-0.2, -0.15) is 0 Å². The fourth-order valence-corrected chi connectivity index (χ4v) is 3.05. The van der Waals surface area contributed by atoms with E-state index in [0.29, 0.717) is 6.42 Å². The normalized spacial score (nSPS) is 17.4. The van der Waals surface area contributed by atoms with Gasteiger partial charge in [-0.05, 0) is 30.4 Å². The Hall–Kier alpha value is -0.960. The number of nitrogens with one attached hydrogen (secondary N) is 2. The number of guanidine groups is 1. The Morgan fingerprint density at radius 2 is 2.08 bits per heavy atom. The van der Waals surface area contributed by atoms with Gasteiger partial charge in [0.1, 0.15) is 0 Å². The van der Waals surface area contributed by atoms with Gasteiger partial charge in [-0.25, -0.2) is 0 Å². The van der Waals surface area contributed by atoms with E-state index in [1.165, 1.54) is 10.5 Å². The van der Waals surface area contributed by atoms with Crippen molar-refractivity contribution < 1.29 is 4.79 Å². The first kappa shape index (κ1) is 21.1. The van der Waals surface area contributed by atoms with Gasteiger partial charge in [0, 0.05) is 44.0 Å². The number of benzene rings is 1. The van der Waals surface area contributed by atoms with E-state index in [2.05, 4.69) is 46.1 Å². The molecule has 0 spiro atoms. The predicted molar refractivity (Wildman–Crippen MR) is 112 cm³/mol. The van der Waals surface area contributed by atoms with Crippen LogP contribution in [-0.4, -0.2) is 49.2 Å². The largest absolute Gasteiger partial charge is 0.352 e. The molecule has 1 aromatic carbocycles. The van der Waals surface area contributed by atoms with E-state index >= 15 is 0 Å². The van der Waals surface area contributed by atoms with Gasteiger partial charge in [-0.1, -0.05) is 19.1 Å². The number of thioether (sulfide) groups is 1. The molecule has 1 fully saturated rings. The number of carbonyl (C=O) groups is 1. The van der Waals surface area contributed by atoms with E-state index in [1.807, 2.05) is 11.8 Å². The van der Waals surface area contributed by atoms with Crippen molar-refractivity contribution in [3.63, 3.8) is 0 Å². The van der Waals surface area contributed by atoms with Gasteiger partial charge in [-0.15, -0.1) is 35.7 Å². The van der Waals surface area contributed by atoms with E-state index in [0.717, 1.165) is 32.0 Å². The average Bonchev–Trinajstić information content (AvgIpc) is 3.06. The van der Waals surface area contributed by atoms with Crippen LogP contribution in [-0.2, 0) is 11.3 Å². The Bertz CT molecular complexity index is 550. The lowest BCUT2D eigenvalue weighted by molar-refractivity contribution is -0.129. The third kappa shape index (κ3) is 6.16. The molecule has 1 aliphatic rings. The van der Waals surface area contributed by atoms with Gasteiger partial charge in [0.15, 0.2) is 5.96 Å². The molecular formula is C17H27IN4OS. The second kappa shape index (κ2) is 10.8. The van der Waals surface area contributed by atoms with E-state index in [9.17, 15) is 4.79 Å².